The van der Waals surface area contributed by atoms with Crippen molar-refractivity contribution in [2.24, 2.45) is 0 Å². The fourth-order valence-electron chi connectivity index (χ4n) is 2.12. The number of hydrogen-bond acceptors (Lipinski definition) is 3. The van der Waals surface area contributed by atoms with Crippen molar-refractivity contribution >= 4 is 5.97 Å². The molecule has 0 bridgehead atoms. The average Bonchev–Trinajstić information content (AvgIpc) is 2.25. The van der Waals surface area contributed by atoms with Crippen molar-refractivity contribution in [1.82, 2.24) is 0 Å². The van der Waals surface area contributed by atoms with Gasteiger partial charge in [0.2, 0.25) is 0 Å². The van der Waals surface area contributed by atoms with Gasteiger partial charge in [0.15, 0.2) is 0 Å². The van der Waals surface area contributed by atoms with E-state index >= 15 is 0 Å². The first-order valence-electron chi connectivity index (χ1n) is 5.57. The summed E-state index contributed by atoms with van der Waals surface area (Å²) in [7, 11) is 1.49. The molecule has 4 nitrogen and oxygen atoms in total. The van der Waals surface area contributed by atoms with Crippen LogP contribution in [0.5, 0.6) is 11.5 Å². The molecular weight excluding hydrogens is 220 g/mol. The zero-order valence-corrected chi connectivity index (χ0v) is 10.2. The Balaban J connectivity index is 2.52. The quantitative estimate of drug-likeness (QED) is 0.857. The van der Waals surface area contributed by atoms with Gasteiger partial charge in [-0.05, 0) is 38.8 Å². The molecule has 2 rings (SSSR count). The summed E-state index contributed by atoms with van der Waals surface area (Å²) in [6.45, 7) is 4.04. The van der Waals surface area contributed by atoms with E-state index in [1.807, 2.05) is 13.8 Å². The molecule has 1 aromatic rings. The van der Waals surface area contributed by atoms with Gasteiger partial charge in [0, 0.05) is 5.56 Å². The van der Waals surface area contributed by atoms with E-state index in [9.17, 15) is 4.79 Å². The maximum Gasteiger partial charge on any atom is 0.339 e. The van der Waals surface area contributed by atoms with Gasteiger partial charge in [-0.15, -0.1) is 0 Å². The second-order valence-electron chi connectivity index (χ2n) is 4.79. The van der Waals surface area contributed by atoms with Crippen LogP contribution in [0.25, 0.3) is 0 Å². The highest BCUT2D eigenvalue weighted by atomic mass is 16.5. The van der Waals surface area contributed by atoms with Crippen LogP contribution < -0.4 is 9.47 Å². The summed E-state index contributed by atoms with van der Waals surface area (Å²) >= 11 is 0. The lowest BCUT2D eigenvalue weighted by Gasteiger charge is -2.33. The minimum atomic E-state index is -0.977. The topological polar surface area (TPSA) is 55.8 Å². The number of carboxylic acid groups (broad SMARTS) is 1. The molecule has 0 radical (unpaired) electrons. The molecule has 17 heavy (non-hydrogen) atoms. The van der Waals surface area contributed by atoms with Crippen LogP contribution in [0, 0.1) is 0 Å². The van der Waals surface area contributed by atoms with Crippen LogP contribution in [0.3, 0.4) is 0 Å². The Kier molecular flexibility index (Phi) is 2.73. The van der Waals surface area contributed by atoms with Gasteiger partial charge >= 0.3 is 5.97 Å². The van der Waals surface area contributed by atoms with Crippen LogP contribution in [0.15, 0.2) is 12.1 Å². The molecule has 0 aliphatic carbocycles. The molecule has 92 valence electrons. The number of carboxylic acids is 1. The molecule has 0 spiro atoms. The third-order valence-electron chi connectivity index (χ3n) is 3.02. The fraction of sp³-hybridized carbons (Fsp3) is 0.462. The monoisotopic (exact) mass is 236 g/mol. The second-order valence-corrected chi connectivity index (χ2v) is 4.79. The van der Waals surface area contributed by atoms with E-state index in [0.29, 0.717) is 5.75 Å². The van der Waals surface area contributed by atoms with Gasteiger partial charge < -0.3 is 14.6 Å². The van der Waals surface area contributed by atoms with E-state index in [0.717, 1.165) is 24.2 Å². The first kappa shape index (κ1) is 11.8. The standard InChI is InChI=1S/C13H16O4/c1-13(2)7-6-8-10(17-13)5-4-9(12(14)15)11(8)16-3/h4-5H,6-7H2,1-3H3,(H,14,15). The summed E-state index contributed by atoms with van der Waals surface area (Å²) in [5, 5.41) is 9.08. The third kappa shape index (κ3) is 2.07. The van der Waals surface area contributed by atoms with Crippen molar-refractivity contribution < 1.29 is 19.4 Å². The Hall–Kier alpha value is -1.71. The number of aromatic carboxylic acids is 1. The first-order chi connectivity index (χ1) is 7.94. The number of rotatable bonds is 2. The molecule has 0 saturated carbocycles. The van der Waals surface area contributed by atoms with Crippen LogP contribution in [-0.2, 0) is 6.42 Å². The molecule has 1 heterocycles. The largest absolute Gasteiger partial charge is 0.495 e. The van der Waals surface area contributed by atoms with Crippen LogP contribution in [0.4, 0.5) is 0 Å². The highest BCUT2D eigenvalue weighted by Crippen LogP contribution is 2.40. The Bertz CT molecular complexity index is 463. The van der Waals surface area contributed by atoms with Gasteiger partial charge in [-0.25, -0.2) is 4.79 Å². The molecule has 0 atom stereocenters. The molecule has 1 aliphatic rings. The number of ether oxygens (including phenoxy) is 2. The van der Waals surface area contributed by atoms with Gasteiger partial charge in [0.25, 0.3) is 0 Å². The van der Waals surface area contributed by atoms with Gasteiger partial charge in [0.05, 0.1) is 7.11 Å². The lowest BCUT2D eigenvalue weighted by molar-refractivity contribution is 0.0690. The Morgan fingerprint density at radius 1 is 1.47 bits per heavy atom. The van der Waals surface area contributed by atoms with Gasteiger partial charge in [-0.2, -0.15) is 0 Å². The average molecular weight is 236 g/mol. The number of methoxy groups -OCH3 is 1. The number of benzene rings is 1. The molecular formula is C13H16O4. The molecule has 4 heteroatoms. The van der Waals surface area contributed by atoms with Gasteiger partial charge in [0.1, 0.15) is 22.7 Å². The minimum absolute atomic E-state index is 0.189. The number of carbonyl (C=O) groups is 1. The highest BCUT2D eigenvalue weighted by Gasteiger charge is 2.30. The molecule has 1 aromatic carbocycles. The van der Waals surface area contributed by atoms with Crippen molar-refractivity contribution in [1.29, 1.82) is 0 Å². The summed E-state index contributed by atoms with van der Waals surface area (Å²) in [6.07, 6.45) is 1.62. The molecule has 1 aliphatic heterocycles. The highest BCUT2D eigenvalue weighted by molar-refractivity contribution is 5.92. The van der Waals surface area contributed by atoms with Crippen molar-refractivity contribution in [3.63, 3.8) is 0 Å². The van der Waals surface area contributed by atoms with E-state index in [4.69, 9.17) is 14.6 Å². The Morgan fingerprint density at radius 3 is 2.76 bits per heavy atom. The van der Waals surface area contributed by atoms with Gasteiger partial charge in [-0.3, -0.25) is 0 Å². The van der Waals surface area contributed by atoms with Crippen molar-refractivity contribution in [3.8, 4) is 11.5 Å². The molecule has 0 aromatic heterocycles. The first-order valence-corrected chi connectivity index (χ1v) is 5.57. The number of fused-ring (bicyclic) bond motifs is 1. The van der Waals surface area contributed by atoms with Crippen LogP contribution >= 0.6 is 0 Å². The molecule has 1 N–H and O–H groups in total. The molecule has 0 unspecified atom stereocenters. The van der Waals surface area contributed by atoms with Crippen LogP contribution in [0.2, 0.25) is 0 Å². The lowest BCUT2D eigenvalue weighted by atomic mass is 9.92. The smallest absolute Gasteiger partial charge is 0.339 e. The molecule has 0 amide bonds. The summed E-state index contributed by atoms with van der Waals surface area (Å²) in [5.74, 6) is 0.170. The number of hydrogen-bond donors (Lipinski definition) is 1. The lowest BCUT2D eigenvalue weighted by Crippen LogP contribution is -2.32. The van der Waals surface area contributed by atoms with E-state index in [-0.39, 0.29) is 11.2 Å². The summed E-state index contributed by atoms with van der Waals surface area (Å²) in [4.78, 5) is 11.1. The van der Waals surface area contributed by atoms with E-state index in [1.165, 1.54) is 13.2 Å². The van der Waals surface area contributed by atoms with Crippen LogP contribution in [-0.4, -0.2) is 23.8 Å². The fourth-order valence-corrected chi connectivity index (χ4v) is 2.12. The summed E-state index contributed by atoms with van der Waals surface area (Å²) < 4.78 is 11.0. The summed E-state index contributed by atoms with van der Waals surface area (Å²) in [6, 6.07) is 3.24. The predicted molar refractivity (Wildman–Crippen MR) is 63.0 cm³/mol. The molecule has 0 fully saturated rings. The Labute approximate surface area is 100 Å². The maximum atomic E-state index is 11.1. The third-order valence-corrected chi connectivity index (χ3v) is 3.02. The predicted octanol–water partition coefficient (Wildman–Crippen LogP) is 2.50. The summed E-state index contributed by atoms with van der Waals surface area (Å²) in [5.41, 5.74) is 0.837. The molecule has 0 saturated heterocycles. The Morgan fingerprint density at radius 2 is 2.18 bits per heavy atom. The van der Waals surface area contributed by atoms with Crippen molar-refractivity contribution in [2.75, 3.05) is 7.11 Å². The maximum absolute atomic E-state index is 11.1. The van der Waals surface area contributed by atoms with Gasteiger partial charge in [-0.1, -0.05) is 0 Å². The van der Waals surface area contributed by atoms with Crippen LogP contribution in [0.1, 0.15) is 36.2 Å². The van der Waals surface area contributed by atoms with E-state index < -0.39 is 5.97 Å². The van der Waals surface area contributed by atoms with E-state index in [1.54, 1.807) is 6.07 Å². The SMILES string of the molecule is COc1c(C(=O)O)ccc2c1CCC(C)(C)O2. The zero-order chi connectivity index (χ0) is 12.6. The van der Waals surface area contributed by atoms with Crippen molar-refractivity contribution in [3.05, 3.63) is 23.3 Å². The zero-order valence-electron chi connectivity index (χ0n) is 10.2. The minimum Gasteiger partial charge on any atom is -0.495 e. The van der Waals surface area contributed by atoms with E-state index in [2.05, 4.69) is 0 Å². The van der Waals surface area contributed by atoms with Crippen molar-refractivity contribution in [2.45, 2.75) is 32.3 Å². The normalized spacial score (nSPS) is 16.9. The second kappa shape index (κ2) is 3.95.